The van der Waals surface area contributed by atoms with Crippen molar-refractivity contribution in [2.45, 2.75) is 32.4 Å². The molecule has 0 saturated carbocycles. The third kappa shape index (κ3) is 4.65. The number of piperidine rings is 1. The molecule has 35 heavy (non-hydrogen) atoms. The number of amides is 2. The van der Waals surface area contributed by atoms with Gasteiger partial charge in [-0.1, -0.05) is 0 Å². The molecule has 1 fully saturated rings. The van der Waals surface area contributed by atoms with Gasteiger partial charge in [-0.2, -0.15) is 9.61 Å². The second-order valence-corrected chi connectivity index (χ2v) is 9.38. The minimum atomic E-state index is -0.312. The van der Waals surface area contributed by atoms with Gasteiger partial charge in [-0.3, -0.25) is 4.98 Å². The van der Waals surface area contributed by atoms with E-state index in [9.17, 15) is 9.18 Å². The Morgan fingerprint density at radius 3 is 2.83 bits per heavy atom. The van der Waals surface area contributed by atoms with Crippen molar-refractivity contribution in [3.05, 3.63) is 52.6 Å². The molecule has 0 aliphatic carbocycles. The molecule has 11 heteroatoms. The molecule has 4 aromatic rings. The topological polar surface area (TPSA) is 113 Å². The fourth-order valence-corrected chi connectivity index (χ4v) is 4.80. The molecule has 0 atom stereocenters. The lowest BCUT2D eigenvalue weighted by Gasteiger charge is -2.32. The number of hydrogen-bond donors (Lipinski definition) is 3. The molecule has 4 heterocycles. The molecule has 1 aromatic carbocycles. The number of nitrogen functional groups attached to an aromatic ring is 1. The largest absolute Gasteiger partial charge is 0.383 e. The fraction of sp³-hybridized carbons (Fsp3) is 0.333. The van der Waals surface area contributed by atoms with E-state index in [0.29, 0.717) is 53.0 Å². The molecule has 1 aliphatic heterocycles. The van der Waals surface area contributed by atoms with Crippen LogP contribution in [-0.2, 0) is 6.54 Å². The average Bonchev–Trinajstić information content (AvgIpc) is 3.29. The summed E-state index contributed by atoms with van der Waals surface area (Å²) in [6.07, 6.45) is 5.16. The number of aromatic nitrogens is 4. The molecular weight excluding hydrogens is 515 g/mol. The number of urea groups is 1. The highest BCUT2D eigenvalue weighted by molar-refractivity contribution is 9.10. The van der Waals surface area contributed by atoms with Gasteiger partial charge in [0.05, 0.1) is 21.9 Å². The number of anilines is 1. The Bertz CT molecular complexity index is 1400. The van der Waals surface area contributed by atoms with E-state index in [1.807, 2.05) is 17.9 Å². The van der Waals surface area contributed by atoms with Crippen molar-refractivity contribution >= 4 is 44.3 Å². The van der Waals surface area contributed by atoms with Gasteiger partial charge in [0.15, 0.2) is 5.65 Å². The summed E-state index contributed by atoms with van der Waals surface area (Å²) in [5.74, 6) is 0.136. The predicted octanol–water partition coefficient (Wildman–Crippen LogP) is 3.71. The third-order valence-corrected chi connectivity index (χ3v) is 7.18. The van der Waals surface area contributed by atoms with Crippen molar-refractivity contribution in [1.29, 1.82) is 0 Å². The van der Waals surface area contributed by atoms with Crippen LogP contribution in [0.4, 0.5) is 15.0 Å². The van der Waals surface area contributed by atoms with Crippen molar-refractivity contribution in [3.63, 3.8) is 0 Å². The molecule has 1 saturated heterocycles. The predicted molar refractivity (Wildman–Crippen MR) is 136 cm³/mol. The summed E-state index contributed by atoms with van der Waals surface area (Å²) in [6, 6.07) is 6.66. The van der Waals surface area contributed by atoms with Gasteiger partial charge in [-0.15, -0.1) is 0 Å². The van der Waals surface area contributed by atoms with Crippen molar-refractivity contribution in [2.75, 3.05) is 25.4 Å². The van der Waals surface area contributed by atoms with Crippen LogP contribution in [0.5, 0.6) is 0 Å². The Labute approximate surface area is 210 Å². The summed E-state index contributed by atoms with van der Waals surface area (Å²) in [7, 11) is 0. The van der Waals surface area contributed by atoms with Gasteiger partial charge in [-0.25, -0.2) is 14.2 Å². The molecule has 2 amide bonds. The number of likely N-dealkylation sites (tertiary alicyclic amines) is 1. The third-order valence-electron chi connectivity index (χ3n) is 6.31. The molecule has 0 spiro atoms. The first kappa shape index (κ1) is 23.4. The second-order valence-electron chi connectivity index (χ2n) is 8.59. The van der Waals surface area contributed by atoms with E-state index >= 15 is 0 Å². The number of halogens is 2. The molecule has 0 unspecified atom stereocenters. The Balaban J connectivity index is 1.37. The Morgan fingerprint density at radius 2 is 2.06 bits per heavy atom. The highest BCUT2D eigenvalue weighted by atomic mass is 79.9. The molecule has 0 radical (unpaired) electrons. The molecule has 9 nitrogen and oxygen atoms in total. The van der Waals surface area contributed by atoms with E-state index in [1.165, 1.54) is 12.1 Å². The van der Waals surface area contributed by atoms with Crippen LogP contribution < -0.4 is 16.4 Å². The lowest BCUT2D eigenvalue weighted by atomic mass is 10.1. The van der Waals surface area contributed by atoms with Gasteiger partial charge in [0.25, 0.3) is 0 Å². The summed E-state index contributed by atoms with van der Waals surface area (Å²) in [4.78, 5) is 23.2. The number of carbonyl (C=O) groups excluding carboxylic acids is 1. The van der Waals surface area contributed by atoms with Gasteiger partial charge < -0.3 is 21.3 Å². The maximum absolute atomic E-state index is 13.7. The standard InChI is InChI=1S/C24H26BrFN8O/c1-2-28-24(35)33-7-5-17(6-8-33)29-13-20-21(25)22(27)34-23(32-20)18(12-31-34)15-9-14-10-16(26)3-4-19(14)30-11-15/h3-4,9-12,17,29H,2,5-8,13,27H2,1H3,(H,28,35). The van der Waals surface area contributed by atoms with Gasteiger partial charge >= 0.3 is 6.03 Å². The Hall–Kier alpha value is -3.31. The summed E-state index contributed by atoms with van der Waals surface area (Å²) in [5.41, 5.74) is 10.0. The van der Waals surface area contributed by atoms with Gasteiger partial charge in [0, 0.05) is 54.9 Å². The maximum atomic E-state index is 13.7. The molecule has 5 rings (SSSR count). The molecular formula is C24H26BrFN8O. The zero-order chi connectivity index (χ0) is 24.5. The van der Waals surface area contributed by atoms with Crippen molar-refractivity contribution in [1.82, 2.24) is 35.1 Å². The van der Waals surface area contributed by atoms with E-state index in [-0.39, 0.29) is 17.9 Å². The first-order valence-corrected chi connectivity index (χ1v) is 12.4. The van der Waals surface area contributed by atoms with E-state index in [1.54, 1.807) is 23.0 Å². The Morgan fingerprint density at radius 1 is 1.26 bits per heavy atom. The number of pyridine rings is 1. The van der Waals surface area contributed by atoms with Gasteiger partial charge in [0.2, 0.25) is 0 Å². The average molecular weight is 541 g/mol. The SMILES string of the molecule is CCNC(=O)N1CCC(NCc2nc3c(-c4cnc5ccc(F)cc5c4)cnn3c(N)c2Br)CC1. The van der Waals surface area contributed by atoms with Gasteiger partial charge in [0.1, 0.15) is 11.6 Å². The fourth-order valence-electron chi connectivity index (χ4n) is 4.40. The van der Waals surface area contributed by atoms with Crippen LogP contribution in [0.1, 0.15) is 25.5 Å². The normalized spacial score (nSPS) is 14.7. The number of rotatable bonds is 5. The van der Waals surface area contributed by atoms with E-state index in [4.69, 9.17) is 10.7 Å². The number of fused-ring (bicyclic) bond motifs is 2. The zero-order valence-electron chi connectivity index (χ0n) is 19.3. The van der Waals surface area contributed by atoms with Crippen molar-refractivity contribution < 1.29 is 9.18 Å². The zero-order valence-corrected chi connectivity index (χ0v) is 20.8. The molecule has 1 aliphatic rings. The quantitative estimate of drug-likeness (QED) is 0.355. The van der Waals surface area contributed by atoms with E-state index in [2.05, 4.69) is 36.6 Å². The number of nitrogens with one attached hydrogen (secondary N) is 2. The first-order chi connectivity index (χ1) is 16.9. The smallest absolute Gasteiger partial charge is 0.317 e. The monoisotopic (exact) mass is 540 g/mol. The van der Waals surface area contributed by atoms with Crippen LogP contribution in [-0.4, -0.2) is 56.2 Å². The van der Waals surface area contributed by atoms with Crippen LogP contribution in [0.3, 0.4) is 0 Å². The summed E-state index contributed by atoms with van der Waals surface area (Å²) < 4.78 is 16.0. The number of nitrogens with two attached hydrogens (primary N) is 1. The van der Waals surface area contributed by atoms with Crippen LogP contribution in [0.2, 0.25) is 0 Å². The molecule has 182 valence electrons. The maximum Gasteiger partial charge on any atom is 0.317 e. The number of nitrogens with zero attached hydrogens (tertiary/aromatic N) is 5. The second kappa shape index (κ2) is 9.74. The number of carbonyl (C=O) groups is 1. The first-order valence-electron chi connectivity index (χ1n) is 11.6. The lowest BCUT2D eigenvalue weighted by molar-refractivity contribution is 0.176. The van der Waals surface area contributed by atoms with Crippen molar-refractivity contribution in [3.8, 4) is 11.1 Å². The number of hydrogen-bond acceptors (Lipinski definition) is 6. The highest BCUT2D eigenvalue weighted by Gasteiger charge is 2.23. The van der Waals surface area contributed by atoms with Crippen LogP contribution >= 0.6 is 15.9 Å². The molecule has 3 aromatic heterocycles. The summed E-state index contributed by atoms with van der Waals surface area (Å²) in [6.45, 7) is 4.48. The molecule has 0 bridgehead atoms. The number of benzene rings is 1. The summed E-state index contributed by atoms with van der Waals surface area (Å²) in [5, 5.41) is 11.5. The minimum Gasteiger partial charge on any atom is -0.383 e. The van der Waals surface area contributed by atoms with Crippen LogP contribution in [0.15, 0.2) is 41.1 Å². The highest BCUT2D eigenvalue weighted by Crippen LogP contribution is 2.31. The van der Waals surface area contributed by atoms with Crippen molar-refractivity contribution in [2.24, 2.45) is 0 Å². The lowest BCUT2D eigenvalue weighted by Crippen LogP contribution is -2.48. The summed E-state index contributed by atoms with van der Waals surface area (Å²) >= 11 is 3.57. The van der Waals surface area contributed by atoms with Crippen LogP contribution in [0.25, 0.3) is 27.7 Å². The van der Waals surface area contributed by atoms with Gasteiger partial charge in [-0.05, 0) is 60.0 Å². The van der Waals surface area contributed by atoms with E-state index in [0.717, 1.165) is 29.7 Å². The minimum absolute atomic E-state index is 0.00670. The molecule has 4 N–H and O–H groups in total. The van der Waals surface area contributed by atoms with Crippen LogP contribution in [0, 0.1) is 5.82 Å². The Kier molecular flexibility index (Phi) is 6.52. The van der Waals surface area contributed by atoms with E-state index < -0.39 is 0 Å².